The summed E-state index contributed by atoms with van der Waals surface area (Å²) in [5.74, 6) is 1.67. The highest BCUT2D eigenvalue weighted by molar-refractivity contribution is 7.98. The summed E-state index contributed by atoms with van der Waals surface area (Å²) in [5, 5.41) is 15.2. The SMILES string of the molecule is C=CCn1c(SCc2csc(-c3ccccc3)n2)nnc1-c1csc(C)c1C. The van der Waals surface area contributed by atoms with Crippen molar-refractivity contribution in [3.63, 3.8) is 0 Å². The molecule has 3 aromatic heterocycles. The molecule has 0 amide bonds. The second-order valence-electron chi connectivity index (χ2n) is 6.33. The van der Waals surface area contributed by atoms with E-state index in [1.54, 1.807) is 34.4 Å². The van der Waals surface area contributed by atoms with E-state index in [9.17, 15) is 0 Å². The summed E-state index contributed by atoms with van der Waals surface area (Å²) in [5.41, 5.74) is 4.64. The van der Waals surface area contributed by atoms with Crippen LogP contribution in [-0.4, -0.2) is 19.7 Å². The maximum absolute atomic E-state index is 4.78. The molecule has 0 saturated heterocycles. The number of thiophene rings is 1. The maximum atomic E-state index is 4.78. The molecule has 0 atom stereocenters. The molecule has 0 bridgehead atoms. The van der Waals surface area contributed by atoms with Crippen LogP contribution in [-0.2, 0) is 12.3 Å². The molecule has 0 saturated carbocycles. The third kappa shape index (κ3) is 3.83. The summed E-state index contributed by atoms with van der Waals surface area (Å²) < 4.78 is 2.14. The van der Waals surface area contributed by atoms with E-state index < -0.39 is 0 Å². The van der Waals surface area contributed by atoms with Crippen molar-refractivity contribution in [3.05, 3.63) is 69.9 Å². The highest BCUT2D eigenvalue weighted by atomic mass is 32.2. The number of aromatic nitrogens is 4. The minimum Gasteiger partial charge on any atom is -0.298 e. The first-order chi connectivity index (χ1) is 13.7. The Kier molecular flexibility index (Phi) is 5.75. The second kappa shape index (κ2) is 8.43. The summed E-state index contributed by atoms with van der Waals surface area (Å²) >= 11 is 5.09. The number of nitrogens with zero attached hydrogens (tertiary/aromatic N) is 4. The topological polar surface area (TPSA) is 43.6 Å². The van der Waals surface area contributed by atoms with Gasteiger partial charge in [-0.2, -0.15) is 0 Å². The number of thioether (sulfide) groups is 1. The predicted octanol–water partition coefficient (Wildman–Crippen LogP) is 6.23. The lowest BCUT2D eigenvalue weighted by Gasteiger charge is -2.07. The zero-order valence-electron chi connectivity index (χ0n) is 15.8. The number of thiazole rings is 1. The summed E-state index contributed by atoms with van der Waals surface area (Å²) in [6.45, 7) is 8.87. The van der Waals surface area contributed by atoms with E-state index in [1.165, 1.54) is 10.4 Å². The highest BCUT2D eigenvalue weighted by Gasteiger charge is 2.17. The lowest BCUT2D eigenvalue weighted by molar-refractivity contribution is 0.731. The summed E-state index contributed by atoms with van der Waals surface area (Å²) in [6.07, 6.45) is 1.89. The zero-order valence-corrected chi connectivity index (χ0v) is 18.2. The number of hydrogen-bond acceptors (Lipinski definition) is 6. The van der Waals surface area contributed by atoms with Gasteiger partial charge in [0.05, 0.1) is 5.69 Å². The molecule has 0 aliphatic rings. The van der Waals surface area contributed by atoms with Crippen LogP contribution in [0.5, 0.6) is 0 Å². The molecule has 3 heterocycles. The van der Waals surface area contributed by atoms with Crippen molar-refractivity contribution in [3.8, 4) is 22.0 Å². The van der Waals surface area contributed by atoms with Gasteiger partial charge in [-0.1, -0.05) is 48.2 Å². The fraction of sp³-hybridized carbons (Fsp3) is 0.190. The van der Waals surface area contributed by atoms with Gasteiger partial charge in [0.2, 0.25) is 0 Å². The van der Waals surface area contributed by atoms with Gasteiger partial charge in [-0.15, -0.1) is 39.4 Å². The molecule has 4 nitrogen and oxygen atoms in total. The second-order valence-corrected chi connectivity index (χ2v) is 9.22. The van der Waals surface area contributed by atoms with E-state index >= 15 is 0 Å². The number of aryl methyl sites for hydroxylation is 1. The van der Waals surface area contributed by atoms with E-state index in [-0.39, 0.29) is 0 Å². The van der Waals surface area contributed by atoms with Gasteiger partial charge in [0.15, 0.2) is 11.0 Å². The maximum Gasteiger partial charge on any atom is 0.192 e. The molecule has 0 spiro atoms. The van der Waals surface area contributed by atoms with Crippen LogP contribution < -0.4 is 0 Å². The van der Waals surface area contributed by atoms with Gasteiger partial charge in [-0.05, 0) is 19.4 Å². The van der Waals surface area contributed by atoms with Crippen molar-refractivity contribution in [1.29, 1.82) is 0 Å². The summed E-state index contributed by atoms with van der Waals surface area (Å²) in [6, 6.07) is 10.3. The van der Waals surface area contributed by atoms with Gasteiger partial charge in [0, 0.05) is 39.1 Å². The van der Waals surface area contributed by atoms with Crippen molar-refractivity contribution >= 4 is 34.4 Å². The first-order valence-electron chi connectivity index (χ1n) is 8.89. The van der Waals surface area contributed by atoms with Crippen LogP contribution in [0.15, 0.2) is 58.9 Å². The third-order valence-corrected chi connectivity index (χ3v) is 7.43. The fourth-order valence-corrected chi connectivity index (χ4v) is 5.48. The molecule has 4 aromatic rings. The van der Waals surface area contributed by atoms with Crippen molar-refractivity contribution in [1.82, 2.24) is 19.7 Å². The van der Waals surface area contributed by atoms with E-state index in [0.29, 0.717) is 6.54 Å². The Morgan fingerprint density at radius 1 is 1.11 bits per heavy atom. The van der Waals surface area contributed by atoms with Gasteiger partial charge in [-0.3, -0.25) is 4.57 Å². The fourth-order valence-electron chi connectivity index (χ4n) is 2.85. The highest BCUT2D eigenvalue weighted by Crippen LogP contribution is 2.33. The third-order valence-electron chi connectivity index (χ3n) is 4.48. The summed E-state index contributed by atoms with van der Waals surface area (Å²) in [4.78, 5) is 6.09. The Bertz CT molecular complexity index is 1090. The van der Waals surface area contributed by atoms with E-state index in [0.717, 1.165) is 38.6 Å². The first kappa shape index (κ1) is 19.1. The minimum atomic E-state index is 0.686. The average molecular weight is 425 g/mol. The van der Waals surface area contributed by atoms with Crippen LogP contribution in [0.2, 0.25) is 0 Å². The van der Waals surface area contributed by atoms with Gasteiger partial charge in [0.25, 0.3) is 0 Å². The van der Waals surface area contributed by atoms with Crippen LogP contribution >= 0.6 is 34.4 Å². The molecule has 0 unspecified atom stereocenters. The predicted molar refractivity (Wildman–Crippen MR) is 120 cm³/mol. The molecule has 142 valence electrons. The van der Waals surface area contributed by atoms with Crippen LogP contribution in [0.4, 0.5) is 0 Å². The van der Waals surface area contributed by atoms with Crippen molar-refractivity contribution < 1.29 is 0 Å². The Hall–Kier alpha value is -2.22. The lowest BCUT2D eigenvalue weighted by Crippen LogP contribution is -2.01. The Morgan fingerprint density at radius 3 is 2.64 bits per heavy atom. The van der Waals surface area contributed by atoms with Crippen molar-refractivity contribution in [2.24, 2.45) is 0 Å². The molecule has 0 radical (unpaired) electrons. The number of allylic oxidation sites excluding steroid dienone is 1. The van der Waals surface area contributed by atoms with E-state index in [2.05, 4.69) is 58.1 Å². The lowest BCUT2D eigenvalue weighted by atomic mass is 10.1. The number of rotatable bonds is 7. The Morgan fingerprint density at radius 2 is 1.93 bits per heavy atom. The van der Waals surface area contributed by atoms with Crippen LogP contribution in [0.3, 0.4) is 0 Å². The van der Waals surface area contributed by atoms with Crippen LogP contribution in [0, 0.1) is 13.8 Å². The zero-order chi connectivity index (χ0) is 19.5. The number of hydrogen-bond donors (Lipinski definition) is 0. The molecular formula is C21H20N4S3. The molecule has 1 aromatic carbocycles. The average Bonchev–Trinajstić information content (AvgIpc) is 3.42. The van der Waals surface area contributed by atoms with E-state index in [4.69, 9.17) is 4.98 Å². The van der Waals surface area contributed by atoms with Gasteiger partial charge in [0.1, 0.15) is 5.01 Å². The monoisotopic (exact) mass is 424 g/mol. The van der Waals surface area contributed by atoms with Crippen LogP contribution in [0.1, 0.15) is 16.1 Å². The number of benzene rings is 1. The molecule has 7 heteroatoms. The van der Waals surface area contributed by atoms with Crippen molar-refractivity contribution in [2.45, 2.75) is 31.3 Å². The van der Waals surface area contributed by atoms with Gasteiger partial charge in [-0.25, -0.2) is 4.98 Å². The molecule has 0 aliphatic heterocycles. The molecular weight excluding hydrogens is 404 g/mol. The Labute approximate surface area is 177 Å². The molecule has 0 fully saturated rings. The first-order valence-corrected chi connectivity index (χ1v) is 11.6. The summed E-state index contributed by atoms with van der Waals surface area (Å²) in [7, 11) is 0. The Balaban J connectivity index is 1.55. The quantitative estimate of drug-likeness (QED) is 0.261. The van der Waals surface area contributed by atoms with Crippen molar-refractivity contribution in [2.75, 3.05) is 0 Å². The minimum absolute atomic E-state index is 0.686. The molecule has 0 aliphatic carbocycles. The standard InChI is InChI=1S/C21H20N4S3/c1-4-10-25-19(18-13-26-15(3)14(18)2)23-24-21(25)28-12-17-11-27-20(22-17)16-8-6-5-7-9-16/h4-9,11,13H,1,10,12H2,2-3H3. The molecule has 0 N–H and O–H groups in total. The van der Waals surface area contributed by atoms with Gasteiger partial charge >= 0.3 is 0 Å². The van der Waals surface area contributed by atoms with Crippen LogP contribution in [0.25, 0.3) is 22.0 Å². The molecule has 28 heavy (non-hydrogen) atoms. The normalized spacial score (nSPS) is 11.1. The largest absolute Gasteiger partial charge is 0.298 e. The van der Waals surface area contributed by atoms with E-state index in [1.807, 2.05) is 24.3 Å². The smallest absolute Gasteiger partial charge is 0.192 e. The molecule has 4 rings (SSSR count). The van der Waals surface area contributed by atoms with Gasteiger partial charge < -0.3 is 0 Å².